The van der Waals surface area contributed by atoms with Crippen molar-refractivity contribution in [2.75, 3.05) is 0 Å². The first kappa shape index (κ1) is 15.0. The number of halogens is 2. The Morgan fingerprint density at radius 2 is 2.00 bits per heavy atom. The number of hydrogen-bond donors (Lipinski definition) is 1. The topological polar surface area (TPSA) is 41.5 Å². The summed E-state index contributed by atoms with van der Waals surface area (Å²) in [4.78, 5) is 16.6. The standard InChI is InChI=1S/C16H10BrFN2OS/c17-11-5-3-4-10(8-11)9-14-15(21)20-16(22-14)19-13-7-2-1-6-12(13)18/h1-9H,(H,19,20,21)/b14-9-. The van der Waals surface area contributed by atoms with Crippen LogP contribution in [0.4, 0.5) is 10.1 Å². The summed E-state index contributed by atoms with van der Waals surface area (Å²) in [5.74, 6) is -0.658. The predicted octanol–water partition coefficient (Wildman–Crippen LogP) is 4.48. The zero-order valence-corrected chi connectivity index (χ0v) is 13.6. The molecule has 0 bridgehead atoms. The van der Waals surface area contributed by atoms with Crippen molar-refractivity contribution in [2.24, 2.45) is 4.99 Å². The molecule has 0 aliphatic carbocycles. The zero-order chi connectivity index (χ0) is 15.5. The van der Waals surface area contributed by atoms with Crippen LogP contribution >= 0.6 is 27.7 Å². The van der Waals surface area contributed by atoms with E-state index in [4.69, 9.17) is 0 Å². The molecule has 0 atom stereocenters. The van der Waals surface area contributed by atoms with Crippen molar-refractivity contribution < 1.29 is 9.18 Å². The second-order valence-corrected chi connectivity index (χ2v) is 6.43. The minimum Gasteiger partial charge on any atom is -0.300 e. The van der Waals surface area contributed by atoms with Crippen molar-refractivity contribution in [1.29, 1.82) is 0 Å². The summed E-state index contributed by atoms with van der Waals surface area (Å²) in [5, 5.41) is 3.01. The maximum atomic E-state index is 13.6. The molecule has 3 rings (SSSR count). The van der Waals surface area contributed by atoms with Crippen molar-refractivity contribution in [1.82, 2.24) is 5.32 Å². The minimum atomic E-state index is -0.422. The molecule has 1 saturated heterocycles. The van der Waals surface area contributed by atoms with Gasteiger partial charge in [-0.15, -0.1) is 0 Å². The molecule has 2 aromatic rings. The van der Waals surface area contributed by atoms with Gasteiger partial charge in [0.25, 0.3) is 5.91 Å². The molecule has 1 heterocycles. The summed E-state index contributed by atoms with van der Waals surface area (Å²) in [6, 6.07) is 13.8. The highest BCUT2D eigenvalue weighted by molar-refractivity contribution is 9.10. The second-order valence-electron chi connectivity index (χ2n) is 4.49. The fraction of sp³-hybridized carbons (Fsp3) is 0. The molecule has 6 heteroatoms. The van der Waals surface area contributed by atoms with E-state index < -0.39 is 5.82 Å². The van der Waals surface area contributed by atoms with E-state index in [9.17, 15) is 9.18 Å². The number of para-hydroxylation sites is 1. The largest absolute Gasteiger partial charge is 0.300 e. The Bertz CT molecular complexity index is 804. The van der Waals surface area contributed by atoms with Crippen LogP contribution in [0.5, 0.6) is 0 Å². The van der Waals surface area contributed by atoms with E-state index in [1.807, 2.05) is 24.3 Å². The molecule has 110 valence electrons. The number of nitrogens with one attached hydrogen (secondary N) is 1. The summed E-state index contributed by atoms with van der Waals surface area (Å²) in [6.07, 6.45) is 1.77. The lowest BCUT2D eigenvalue weighted by Crippen LogP contribution is -2.19. The lowest BCUT2D eigenvalue weighted by Gasteiger charge is -1.97. The number of hydrogen-bond acceptors (Lipinski definition) is 3. The smallest absolute Gasteiger partial charge is 0.264 e. The van der Waals surface area contributed by atoms with Gasteiger partial charge in [0.15, 0.2) is 5.17 Å². The van der Waals surface area contributed by atoms with Crippen LogP contribution in [0, 0.1) is 5.82 Å². The summed E-state index contributed by atoms with van der Waals surface area (Å²) >= 11 is 4.58. The van der Waals surface area contributed by atoms with Crippen molar-refractivity contribution in [2.45, 2.75) is 0 Å². The Morgan fingerprint density at radius 3 is 2.77 bits per heavy atom. The minimum absolute atomic E-state index is 0.203. The van der Waals surface area contributed by atoms with E-state index in [0.29, 0.717) is 10.1 Å². The Labute approximate surface area is 139 Å². The SMILES string of the molecule is O=C1NC(=Nc2ccccc2F)S/C1=C\c1cccc(Br)c1. The summed E-state index contributed by atoms with van der Waals surface area (Å²) < 4.78 is 14.5. The molecule has 3 nitrogen and oxygen atoms in total. The van der Waals surface area contributed by atoms with Gasteiger partial charge in [0, 0.05) is 4.47 Å². The quantitative estimate of drug-likeness (QED) is 0.785. The van der Waals surface area contributed by atoms with Crippen LogP contribution in [0.3, 0.4) is 0 Å². The Hall–Kier alpha value is -1.92. The van der Waals surface area contributed by atoms with Crippen LogP contribution in [-0.4, -0.2) is 11.1 Å². The number of amidine groups is 1. The number of carbonyl (C=O) groups excluding carboxylic acids is 1. The first-order chi connectivity index (χ1) is 10.6. The van der Waals surface area contributed by atoms with Gasteiger partial charge in [-0.2, -0.15) is 0 Å². The number of nitrogens with zero attached hydrogens (tertiary/aromatic N) is 1. The lowest BCUT2D eigenvalue weighted by molar-refractivity contribution is -0.115. The van der Waals surface area contributed by atoms with Crippen LogP contribution in [0.25, 0.3) is 6.08 Å². The first-order valence-corrected chi connectivity index (χ1v) is 8.02. The molecular weight excluding hydrogens is 367 g/mol. The Balaban J connectivity index is 1.86. The number of aliphatic imine (C=N–C) groups is 1. The van der Waals surface area contributed by atoms with Crippen molar-refractivity contribution in [3.8, 4) is 0 Å². The third-order valence-electron chi connectivity index (χ3n) is 2.87. The van der Waals surface area contributed by atoms with E-state index in [1.54, 1.807) is 24.3 Å². The van der Waals surface area contributed by atoms with Crippen LogP contribution in [0.1, 0.15) is 5.56 Å². The van der Waals surface area contributed by atoms with Gasteiger partial charge in [0.1, 0.15) is 11.5 Å². The molecule has 1 N–H and O–H groups in total. The average molecular weight is 377 g/mol. The van der Waals surface area contributed by atoms with Crippen LogP contribution in [0.15, 0.2) is 62.9 Å². The van der Waals surface area contributed by atoms with E-state index in [0.717, 1.165) is 10.0 Å². The van der Waals surface area contributed by atoms with Gasteiger partial charge in [0.2, 0.25) is 0 Å². The van der Waals surface area contributed by atoms with E-state index in [2.05, 4.69) is 26.2 Å². The van der Waals surface area contributed by atoms with Gasteiger partial charge in [-0.1, -0.05) is 40.2 Å². The summed E-state index contributed by atoms with van der Waals surface area (Å²) in [5.41, 5.74) is 1.10. The Morgan fingerprint density at radius 1 is 1.18 bits per heavy atom. The van der Waals surface area contributed by atoms with E-state index in [1.165, 1.54) is 17.8 Å². The van der Waals surface area contributed by atoms with Crippen LogP contribution < -0.4 is 5.32 Å². The molecule has 0 aromatic heterocycles. The maximum Gasteiger partial charge on any atom is 0.264 e. The molecule has 1 aliphatic rings. The van der Waals surface area contributed by atoms with Gasteiger partial charge in [-0.25, -0.2) is 9.38 Å². The zero-order valence-electron chi connectivity index (χ0n) is 11.2. The van der Waals surface area contributed by atoms with Gasteiger partial charge in [-0.3, -0.25) is 4.79 Å². The van der Waals surface area contributed by atoms with Gasteiger partial charge < -0.3 is 5.32 Å². The third-order valence-corrected chi connectivity index (χ3v) is 4.27. The number of benzene rings is 2. The average Bonchev–Trinajstić information content (AvgIpc) is 2.81. The molecule has 1 aliphatic heterocycles. The highest BCUT2D eigenvalue weighted by atomic mass is 79.9. The van der Waals surface area contributed by atoms with Gasteiger partial charge >= 0.3 is 0 Å². The highest BCUT2D eigenvalue weighted by Crippen LogP contribution is 2.29. The molecule has 0 radical (unpaired) electrons. The van der Waals surface area contributed by atoms with Crippen molar-refractivity contribution >= 4 is 50.5 Å². The molecule has 22 heavy (non-hydrogen) atoms. The number of thioether (sulfide) groups is 1. The monoisotopic (exact) mass is 376 g/mol. The fourth-order valence-electron chi connectivity index (χ4n) is 1.88. The maximum absolute atomic E-state index is 13.6. The molecular formula is C16H10BrFN2OS. The highest BCUT2D eigenvalue weighted by Gasteiger charge is 2.24. The number of rotatable bonds is 2. The summed E-state index contributed by atoms with van der Waals surface area (Å²) in [6.45, 7) is 0. The fourth-order valence-corrected chi connectivity index (χ4v) is 3.13. The predicted molar refractivity (Wildman–Crippen MR) is 91.3 cm³/mol. The van der Waals surface area contributed by atoms with E-state index in [-0.39, 0.29) is 11.6 Å². The summed E-state index contributed by atoms with van der Waals surface area (Å²) in [7, 11) is 0. The van der Waals surface area contributed by atoms with E-state index >= 15 is 0 Å². The first-order valence-electron chi connectivity index (χ1n) is 6.41. The lowest BCUT2D eigenvalue weighted by atomic mass is 10.2. The van der Waals surface area contributed by atoms with Crippen LogP contribution in [0.2, 0.25) is 0 Å². The molecule has 0 saturated carbocycles. The van der Waals surface area contributed by atoms with Crippen molar-refractivity contribution in [3.63, 3.8) is 0 Å². The normalized spacial score (nSPS) is 18.0. The van der Waals surface area contributed by atoms with Gasteiger partial charge in [0.05, 0.1) is 4.91 Å². The molecule has 0 spiro atoms. The van der Waals surface area contributed by atoms with Gasteiger partial charge in [-0.05, 0) is 47.7 Å². The van der Waals surface area contributed by atoms with Crippen molar-refractivity contribution in [3.05, 3.63) is 69.3 Å². The third kappa shape index (κ3) is 3.45. The number of amides is 1. The molecule has 1 amide bonds. The number of carbonyl (C=O) groups is 1. The molecule has 1 fully saturated rings. The second kappa shape index (κ2) is 6.46. The molecule has 2 aromatic carbocycles. The van der Waals surface area contributed by atoms with Crippen LogP contribution in [-0.2, 0) is 4.79 Å². The molecule has 0 unspecified atom stereocenters. The Kier molecular flexibility index (Phi) is 4.40.